The lowest BCUT2D eigenvalue weighted by molar-refractivity contribution is -0.130. The van der Waals surface area contributed by atoms with Gasteiger partial charge in [-0.15, -0.1) is 12.4 Å². The minimum absolute atomic E-state index is 0. The highest BCUT2D eigenvalue weighted by atomic mass is 35.5. The smallest absolute Gasteiger partial charge is 0.263 e. The number of benzene rings is 1. The van der Waals surface area contributed by atoms with Gasteiger partial charge in [0.05, 0.1) is 10.9 Å². The Kier molecular flexibility index (Phi) is 6.08. The SMILES string of the molecule is CC(CC(=O)N1CCC(CN)C1)N=C1NS(=O)(=O)c2ccccc21.Cl. The van der Waals surface area contributed by atoms with Crippen LogP contribution in [0.3, 0.4) is 0 Å². The van der Waals surface area contributed by atoms with Crippen LogP contribution in [0.5, 0.6) is 0 Å². The van der Waals surface area contributed by atoms with Gasteiger partial charge in [0.2, 0.25) is 5.91 Å². The second kappa shape index (κ2) is 7.72. The Labute approximate surface area is 154 Å². The van der Waals surface area contributed by atoms with Crippen molar-refractivity contribution < 1.29 is 13.2 Å². The summed E-state index contributed by atoms with van der Waals surface area (Å²) in [6.07, 6.45) is 1.20. The quantitative estimate of drug-likeness (QED) is 0.795. The zero-order valence-electron chi connectivity index (χ0n) is 14.0. The van der Waals surface area contributed by atoms with Crippen LogP contribution in [0.15, 0.2) is 34.2 Å². The molecule has 0 bridgehead atoms. The lowest BCUT2D eigenvalue weighted by atomic mass is 10.1. The first-order valence-corrected chi connectivity index (χ1v) is 9.57. The molecular formula is C16H23ClN4O3S. The first kappa shape index (κ1) is 19.7. The predicted molar refractivity (Wildman–Crippen MR) is 98.4 cm³/mol. The van der Waals surface area contributed by atoms with E-state index in [9.17, 15) is 13.2 Å². The van der Waals surface area contributed by atoms with Crippen LogP contribution in [0.1, 0.15) is 25.3 Å². The zero-order chi connectivity index (χ0) is 17.3. The summed E-state index contributed by atoms with van der Waals surface area (Å²) in [5.41, 5.74) is 6.21. The summed E-state index contributed by atoms with van der Waals surface area (Å²) in [6, 6.07) is 6.40. The number of nitrogens with one attached hydrogen (secondary N) is 1. The standard InChI is InChI=1S/C16H22N4O3S.ClH/c1-11(8-15(21)20-7-6-12(9-17)10-20)18-16-13-4-2-3-5-14(13)24(22,23)19-16;/h2-5,11-12H,6-10,17H2,1H3,(H,18,19);1H. The average Bonchev–Trinajstić information content (AvgIpc) is 3.11. The minimum atomic E-state index is -3.55. The first-order chi connectivity index (χ1) is 11.4. The van der Waals surface area contributed by atoms with Gasteiger partial charge in [-0.2, -0.15) is 0 Å². The topological polar surface area (TPSA) is 105 Å². The maximum absolute atomic E-state index is 12.3. The van der Waals surface area contributed by atoms with Crippen molar-refractivity contribution in [2.75, 3.05) is 19.6 Å². The van der Waals surface area contributed by atoms with Crippen molar-refractivity contribution in [2.24, 2.45) is 16.6 Å². The summed E-state index contributed by atoms with van der Waals surface area (Å²) >= 11 is 0. The molecule has 2 atom stereocenters. The van der Waals surface area contributed by atoms with Gasteiger partial charge in [-0.1, -0.05) is 12.1 Å². The van der Waals surface area contributed by atoms with Crippen molar-refractivity contribution >= 4 is 34.2 Å². The van der Waals surface area contributed by atoms with Crippen LogP contribution < -0.4 is 10.5 Å². The molecule has 1 saturated heterocycles. The number of hydrogen-bond donors (Lipinski definition) is 2. The molecule has 1 aromatic carbocycles. The number of nitrogens with two attached hydrogens (primary N) is 1. The van der Waals surface area contributed by atoms with E-state index in [1.165, 1.54) is 0 Å². The number of amides is 1. The lowest BCUT2D eigenvalue weighted by Gasteiger charge is -2.17. The number of fused-ring (bicyclic) bond motifs is 1. The highest BCUT2D eigenvalue weighted by Crippen LogP contribution is 2.23. The highest BCUT2D eigenvalue weighted by molar-refractivity contribution is 7.90. The summed E-state index contributed by atoms with van der Waals surface area (Å²) < 4.78 is 26.6. The number of carbonyl (C=O) groups excluding carboxylic acids is 1. The van der Waals surface area contributed by atoms with Crippen molar-refractivity contribution in [1.29, 1.82) is 0 Å². The van der Waals surface area contributed by atoms with E-state index in [2.05, 4.69) is 9.71 Å². The summed E-state index contributed by atoms with van der Waals surface area (Å²) in [7, 11) is -3.55. The van der Waals surface area contributed by atoms with Crippen LogP contribution >= 0.6 is 12.4 Å². The molecule has 2 unspecified atom stereocenters. The van der Waals surface area contributed by atoms with Crippen LogP contribution in [-0.2, 0) is 14.8 Å². The Morgan fingerprint density at radius 3 is 2.84 bits per heavy atom. The Morgan fingerprint density at radius 2 is 2.16 bits per heavy atom. The number of carbonyl (C=O) groups is 1. The van der Waals surface area contributed by atoms with Crippen LogP contribution in [0.2, 0.25) is 0 Å². The fourth-order valence-electron chi connectivity index (χ4n) is 3.13. The molecule has 3 rings (SSSR count). The molecule has 2 aliphatic heterocycles. The largest absolute Gasteiger partial charge is 0.342 e. The van der Waals surface area contributed by atoms with E-state index >= 15 is 0 Å². The summed E-state index contributed by atoms with van der Waals surface area (Å²) in [4.78, 5) is 18.8. The van der Waals surface area contributed by atoms with Crippen LogP contribution in [0, 0.1) is 5.92 Å². The number of aliphatic imine (C=N–C) groups is 1. The number of amidine groups is 1. The fourth-order valence-corrected chi connectivity index (χ4v) is 4.37. The van der Waals surface area contributed by atoms with Gasteiger partial charge < -0.3 is 10.6 Å². The molecule has 0 saturated carbocycles. The molecule has 2 heterocycles. The van der Waals surface area contributed by atoms with Gasteiger partial charge in [-0.3, -0.25) is 14.5 Å². The van der Waals surface area contributed by atoms with E-state index in [0.29, 0.717) is 30.4 Å². The third kappa shape index (κ3) is 4.13. The van der Waals surface area contributed by atoms with Gasteiger partial charge in [-0.25, -0.2) is 8.42 Å². The molecule has 3 N–H and O–H groups in total. The lowest BCUT2D eigenvalue weighted by Crippen LogP contribution is -2.32. The van der Waals surface area contributed by atoms with Crippen LogP contribution in [-0.4, -0.2) is 50.7 Å². The average molecular weight is 387 g/mol. The number of hydrogen-bond acceptors (Lipinski definition) is 5. The van der Waals surface area contributed by atoms with E-state index in [1.807, 2.05) is 11.8 Å². The normalized spacial score (nSPS) is 23.7. The molecule has 7 nitrogen and oxygen atoms in total. The molecular weight excluding hydrogens is 364 g/mol. The first-order valence-electron chi connectivity index (χ1n) is 8.08. The number of nitrogens with zero attached hydrogens (tertiary/aromatic N) is 2. The molecule has 138 valence electrons. The van der Waals surface area contributed by atoms with E-state index in [-0.39, 0.29) is 35.7 Å². The third-order valence-corrected chi connectivity index (χ3v) is 5.85. The van der Waals surface area contributed by atoms with Gasteiger partial charge in [0, 0.05) is 25.1 Å². The van der Waals surface area contributed by atoms with Gasteiger partial charge >= 0.3 is 0 Å². The molecule has 0 aliphatic carbocycles. The maximum atomic E-state index is 12.3. The molecule has 0 spiro atoms. The molecule has 1 fully saturated rings. The van der Waals surface area contributed by atoms with Crippen molar-refractivity contribution in [3.63, 3.8) is 0 Å². The number of rotatable bonds is 4. The van der Waals surface area contributed by atoms with Crippen molar-refractivity contribution in [2.45, 2.75) is 30.7 Å². The number of sulfonamides is 1. The second-order valence-electron chi connectivity index (χ2n) is 6.36. The Morgan fingerprint density at radius 1 is 1.44 bits per heavy atom. The van der Waals surface area contributed by atoms with Gasteiger partial charge in [0.1, 0.15) is 5.84 Å². The van der Waals surface area contributed by atoms with Crippen LogP contribution in [0.4, 0.5) is 0 Å². The summed E-state index contributed by atoms with van der Waals surface area (Å²) in [5, 5.41) is 0. The van der Waals surface area contributed by atoms with Crippen LogP contribution in [0.25, 0.3) is 0 Å². The second-order valence-corrected chi connectivity index (χ2v) is 8.01. The molecule has 2 aliphatic rings. The predicted octanol–water partition coefficient (Wildman–Crippen LogP) is 0.733. The summed E-state index contributed by atoms with van der Waals surface area (Å²) in [6.45, 7) is 3.85. The minimum Gasteiger partial charge on any atom is -0.342 e. The monoisotopic (exact) mass is 386 g/mol. The van der Waals surface area contributed by atoms with Gasteiger partial charge in [-0.05, 0) is 37.9 Å². The van der Waals surface area contributed by atoms with Crippen molar-refractivity contribution in [1.82, 2.24) is 9.62 Å². The number of likely N-dealkylation sites (tertiary alicyclic amines) is 1. The van der Waals surface area contributed by atoms with Gasteiger partial charge in [0.15, 0.2) is 0 Å². The molecule has 9 heteroatoms. The Hall–Kier alpha value is -1.64. The summed E-state index contributed by atoms with van der Waals surface area (Å²) in [5.74, 6) is 0.730. The highest BCUT2D eigenvalue weighted by Gasteiger charge is 2.31. The fraction of sp³-hybridized carbons (Fsp3) is 0.500. The number of halogens is 1. The third-order valence-electron chi connectivity index (χ3n) is 4.45. The van der Waals surface area contributed by atoms with E-state index < -0.39 is 10.0 Å². The molecule has 0 radical (unpaired) electrons. The Bertz CT molecular complexity index is 781. The van der Waals surface area contributed by atoms with Crippen molar-refractivity contribution in [3.05, 3.63) is 29.8 Å². The molecule has 0 aromatic heterocycles. The zero-order valence-corrected chi connectivity index (χ0v) is 15.6. The molecule has 25 heavy (non-hydrogen) atoms. The van der Waals surface area contributed by atoms with E-state index in [0.717, 1.165) is 13.0 Å². The molecule has 1 aromatic rings. The van der Waals surface area contributed by atoms with Gasteiger partial charge in [0.25, 0.3) is 10.0 Å². The molecule has 1 amide bonds. The maximum Gasteiger partial charge on any atom is 0.263 e. The Balaban J connectivity index is 0.00000225. The van der Waals surface area contributed by atoms with E-state index in [4.69, 9.17) is 5.73 Å². The van der Waals surface area contributed by atoms with Crippen molar-refractivity contribution in [3.8, 4) is 0 Å². The van der Waals surface area contributed by atoms with E-state index in [1.54, 1.807) is 24.3 Å².